The highest BCUT2D eigenvalue weighted by molar-refractivity contribution is 5.91. The van der Waals surface area contributed by atoms with Gasteiger partial charge >= 0.3 is 0 Å². The van der Waals surface area contributed by atoms with E-state index >= 15 is 0 Å². The molecule has 0 spiro atoms. The maximum atomic E-state index is 12.5. The zero-order valence-electron chi connectivity index (χ0n) is 14.6. The van der Waals surface area contributed by atoms with Gasteiger partial charge in [-0.2, -0.15) is 0 Å². The number of anilines is 1. The van der Waals surface area contributed by atoms with Crippen molar-refractivity contribution in [2.75, 3.05) is 5.32 Å². The van der Waals surface area contributed by atoms with Crippen molar-refractivity contribution in [2.45, 2.75) is 57.7 Å². The van der Waals surface area contributed by atoms with Gasteiger partial charge < -0.3 is 15.2 Å². The van der Waals surface area contributed by atoms with Gasteiger partial charge in [0.15, 0.2) is 5.82 Å². The molecule has 132 valence electrons. The molecule has 25 heavy (non-hydrogen) atoms. The van der Waals surface area contributed by atoms with Crippen molar-refractivity contribution in [1.29, 1.82) is 0 Å². The minimum Gasteiger partial charge on any atom is -0.326 e. The number of hydrogen-bond acceptors (Lipinski definition) is 4. The Balaban J connectivity index is 1.41. The van der Waals surface area contributed by atoms with Crippen LogP contribution in [0.2, 0.25) is 0 Å². The van der Waals surface area contributed by atoms with E-state index in [9.17, 15) is 4.79 Å². The van der Waals surface area contributed by atoms with Gasteiger partial charge in [-0.3, -0.25) is 4.79 Å². The summed E-state index contributed by atoms with van der Waals surface area (Å²) in [5.41, 5.74) is 1.79. The molecule has 2 fully saturated rings. The maximum absolute atomic E-state index is 12.5. The number of piperidine rings is 1. The van der Waals surface area contributed by atoms with E-state index in [0.717, 1.165) is 36.5 Å². The zero-order valence-corrected chi connectivity index (χ0v) is 14.6. The highest BCUT2D eigenvalue weighted by Crippen LogP contribution is 2.33. The van der Waals surface area contributed by atoms with Crippen LogP contribution in [0.3, 0.4) is 0 Å². The van der Waals surface area contributed by atoms with Crippen LogP contribution < -0.4 is 10.6 Å². The van der Waals surface area contributed by atoms with E-state index < -0.39 is 0 Å². The fraction of sp³-hybridized carbons (Fsp3) is 0.526. The van der Waals surface area contributed by atoms with Crippen molar-refractivity contribution in [3.63, 3.8) is 0 Å². The van der Waals surface area contributed by atoms with Crippen LogP contribution in [0, 0.1) is 5.92 Å². The maximum Gasteiger partial charge on any atom is 0.224 e. The van der Waals surface area contributed by atoms with E-state index in [0.29, 0.717) is 24.4 Å². The minimum atomic E-state index is 0.111. The Bertz CT molecular complexity index is 744. The predicted octanol–water partition coefficient (Wildman–Crippen LogP) is 2.82. The third-order valence-corrected chi connectivity index (χ3v) is 5.41. The number of carbonyl (C=O) groups is 1. The first-order valence-corrected chi connectivity index (χ1v) is 9.25. The Kier molecular flexibility index (Phi) is 4.53. The van der Waals surface area contributed by atoms with Gasteiger partial charge in [-0.05, 0) is 50.7 Å². The lowest BCUT2D eigenvalue weighted by molar-refractivity contribution is -0.117. The highest BCUT2D eigenvalue weighted by atomic mass is 16.1. The Morgan fingerprint density at radius 1 is 1.32 bits per heavy atom. The summed E-state index contributed by atoms with van der Waals surface area (Å²) in [4.78, 5) is 12.5. The quantitative estimate of drug-likeness (QED) is 0.879. The molecule has 4 rings (SSSR count). The molecule has 1 aromatic carbocycles. The molecular weight excluding hydrogens is 314 g/mol. The van der Waals surface area contributed by atoms with Crippen molar-refractivity contribution >= 4 is 11.6 Å². The summed E-state index contributed by atoms with van der Waals surface area (Å²) in [6.45, 7) is 2.88. The van der Waals surface area contributed by atoms with Crippen LogP contribution in [-0.4, -0.2) is 32.8 Å². The van der Waals surface area contributed by atoms with E-state index in [1.165, 1.54) is 12.8 Å². The molecule has 1 amide bonds. The predicted molar refractivity (Wildman–Crippen MR) is 97.0 cm³/mol. The fourth-order valence-electron chi connectivity index (χ4n) is 4.26. The molecule has 2 aliphatic heterocycles. The normalized spacial score (nSPS) is 25.1. The Labute approximate surface area is 148 Å². The van der Waals surface area contributed by atoms with E-state index in [1.807, 2.05) is 28.8 Å². The summed E-state index contributed by atoms with van der Waals surface area (Å²) in [6, 6.07) is 9.10. The van der Waals surface area contributed by atoms with E-state index in [2.05, 4.69) is 27.8 Å². The molecular formula is C19H25N5O. The molecule has 2 unspecified atom stereocenters. The number of nitrogens with zero attached hydrogens (tertiary/aromatic N) is 3. The molecule has 2 aliphatic rings. The number of benzene rings is 1. The van der Waals surface area contributed by atoms with Gasteiger partial charge in [-0.25, -0.2) is 0 Å². The highest BCUT2D eigenvalue weighted by Gasteiger charge is 2.34. The van der Waals surface area contributed by atoms with Crippen LogP contribution in [0.15, 0.2) is 30.6 Å². The topological polar surface area (TPSA) is 71.8 Å². The monoisotopic (exact) mass is 339 g/mol. The molecule has 3 heterocycles. The minimum absolute atomic E-state index is 0.111. The molecule has 2 N–H and O–H groups in total. The Hall–Kier alpha value is -2.21. The van der Waals surface area contributed by atoms with Crippen molar-refractivity contribution < 1.29 is 4.79 Å². The van der Waals surface area contributed by atoms with Crippen molar-refractivity contribution in [3.8, 4) is 11.4 Å². The van der Waals surface area contributed by atoms with Crippen LogP contribution in [0.25, 0.3) is 11.4 Å². The first kappa shape index (κ1) is 16.3. The molecule has 2 bridgehead atoms. The van der Waals surface area contributed by atoms with Gasteiger partial charge in [0.25, 0.3) is 0 Å². The molecule has 2 saturated heterocycles. The average molecular weight is 339 g/mol. The van der Waals surface area contributed by atoms with Gasteiger partial charge in [0.2, 0.25) is 5.91 Å². The lowest BCUT2D eigenvalue weighted by atomic mass is 9.89. The first-order valence-electron chi connectivity index (χ1n) is 9.25. The SMILES string of the molecule is CCn1cnnc1-c1cccc(NC(=O)CC2CC3CCC(C2)N3)c1. The van der Waals surface area contributed by atoms with Crippen LogP contribution >= 0.6 is 0 Å². The van der Waals surface area contributed by atoms with Crippen LogP contribution in [0.5, 0.6) is 0 Å². The van der Waals surface area contributed by atoms with Gasteiger partial charge in [-0.1, -0.05) is 12.1 Å². The van der Waals surface area contributed by atoms with Gasteiger partial charge in [0.1, 0.15) is 6.33 Å². The number of rotatable bonds is 5. The molecule has 6 heteroatoms. The number of aryl methyl sites for hydroxylation is 1. The molecule has 2 atom stereocenters. The number of carbonyl (C=O) groups excluding carboxylic acids is 1. The molecule has 0 saturated carbocycles. The lowest BCUT2D eigenvalue weighted by Crippen LogP contribution is -2.39. The summed E-state index contributed by atoms with van der Waals surface area (Å²) >= 11 is 0. The number of aromatic nitrogens is 3. The second kappa shape index (κ2) is 6.96. The summed E-state index contributed by atoms with van der Waals surface area (Å²) in [6.07, 6.45) is 7.13. The Morgan fingerprint density at radius 2 is 2.12 bits per heavy atom. The smallest absolute Gasteiger partial charge is 0.224 e. The second-order valence-electron chi connectivity index (χ2n) is 7.25. The number of amides is 1. The van der Waals surface area contributed by atoms with Crippen molar-refractivity contribution in [2.24, 2.45) is 5.92 Å². The number of nitrogens with one attached hydrogen (secondary N) is 2. The summed E-state index contributed by atoms with van der Waals surface area (Å²) < 4.78 is 1.99. The number of fused-ring (bicyclic) bond motifs is 2. The van der Waals surface area contributed by atoms with Crippen LogP contribution in [0.1, 0.15) is 39.0 Å². The molecule has 2 aromatic rings. The van der Waals surface area contributed by atoms with Gasteiger partial charge in [-0.15, -0.1) is 10.2 Å². The third-order valence-electron chi connectivity index (χ3n) is 5.41. The van der Waals surface area contributed by atoms with Crippen molar-refractivity contribution in [3.05, 3.63) is 30.6 Å². The van der Waals surface area contributed by atoms with Gasteiger partial charge in [0, 0.05) is 36.3 Å². The second-order valence-corrected chi connectivity index (χ2v) is 7.25. The van der Waals surface area contributed by atoms with Crippen LogP contribution in [-0.2, 0) is 11.3 Å². The fourth-order valence-corrected chi connectivity index (χ4v) is 4.26. The Morgan fingerprint density at radius 3 is 2.88 bits per heavy atom. The van der Waals surface area contributed by atoms with Gasteiger partial charge in [0.05, 0.1) is 0 Å². The number of hydrogen-bond donors (Lipinski definition) is 2. The average Bonchev–Trinajstić information content (AvgIpc) is 3.21. The largest absolute Gasteiger partial charge is 0.326 e. The molecule has 0 aliphatic carbocycles. The molecule has 6 nitrogen and oxygen atoms in total. The van der Waals surface area contributed by atoms with E-state index in [1.54, 1.807) is 6.33 Å². The van der Waals surface area contributed by atoms with Crippen LogP contribution in [0.4, 0.5) is 5.69 Å². The summed E-state index contributed by atoms with van der Waals surface area (Å²) in [5.74, 6) is 1.44. The molecule has 1 aromatic heterocycles. The summed E-state index contributed by atoms with van der Waals surface area (Å²) in [5, 5.41) is 14.9. The third kappa shape index (κ3) is 3.58. The first-order chi connectivity index (χ1) is 12.2. The lowest BCUT2D eigenvalue weighted by Gasteiger charge is -2.28. The standard InChI is InChI=1S/C19H25N5O/c1-2-24-12-20-23-19(24)14-4-3-5-15(11-14)22-18(25)10-13-8-16-6-7-17(9-13)21-16/h3-5,11-13,16-17,21H,2,6-10H2,1H3,(H,22,25). The summed E-state index contributed by atoms with van der Waals surface area (Å²) in [7, 11) is 0. The van der Waals surface area contributed by atoms with Crippen molar-refractivity contribution in [1.82, 2.24) is 20.1 Å². The van der Waals surface area contributed by atoms with E-state index in [4.69, 9.17) is 0 Å². The zero-order chi connectivity index (χ0) is 17.2. The van der Waals surface area contributed by atoms with E-state index in [-0.39, 0.29) is 5.91 Å². The molecule has 0 radical (unpaired) electrons.